The van der Waals surface area contributed by atoms with Gasteiger partial charge < -0.3 is 19.4 Å². The molecule has 20 heavy (non-hydrogen) atoms. The van der Waals surface area contributed by atoms with Gasteiger partial charge in [0.15, 0.2) is 11.5 Å². The Bertz CT molecular complexity index is 613. The van der Waals surface area contributed by atoms with Crippen molar-refractivity contribution in [2.75, 3.05) is 29.9 Å². The van der Waals surface area contributed by atoms with E-state index in [1.54, 1.807) is 0 Å². The normalized spacial score (nSPS) is 25.4. The molecular formula is C14H19N5O. The van der Waals surface area contributed by atoms with E-state index in [1.165, 1.54) is 12.8 Å². The van der Waals surface area contributed by atoms with E-state index in [2.05, 4.69) is 22.1 Å². The third kappa shape index (κ3) is 1.91. The zero-order valence-corrected chi connectivity index (χ0v) is 11.6. The molecule has 6 nitrogen and oxygen atoms in total. The van der Waals surface area contributed by atoms with Gasteiger partial charge in [-0.15, -0.1) is 0 Å². The highest BCUT2D eigenvalue weighted by molar-refractivity contribution is 5.67. The molecule has 0 spiro atoms. The van der Waals surface area contributed by atoms with Crippen molar-refractivity contribution in [3.8, 4) is 0 Å². The second kappa shape index (κ2) is 4.63. The van der Waals surface area contributed by atoms with E-state index in [0.717, 1.165) is 36.9 Å². The third-order valence-corrected chi connectivity index (χ3v) is 4.06. The van der Waals surface area contributed by atoms with Gasteiger partial charge in [0.25, 0.3) is 0 Å². The van der Waals surface area contributed by atoms with Crippen LogP contribution in [-0.2, 0) is 4.74 Å². The number of nitrogens with zero attached hydrogens (tertiary/aromatic N) is 4. The number of hydrogen-bond acceptors (Lipinski definition) is 5. The number of fused-ring (bicyclic) bond motifs is 3. The van der Waals surface area contributed by atoms with Crippen molar-refractivity contribution in [1.29, 1.82) is 0 Å². The number of imidazole rings is 1. The average Bonchev–Trinajstić information content (AvgIpc) is 3.04. The zero-order chi connectivity index (χ0) is 13.5. The molecule has 4 heterocycles. The number of ether oxygens (including phenoxy) is 1. The van der Waals surface area contributed by atoms with Gasteiger partial charge in [-0.3, -0.25) is 0 Å². The van der Waals surface area contributed by atoms with Gasteiger partial charge in [-0.1, -0.05) is 0 Å². The van der Waals surface area contributed by atoms with Gasteiger partial charge in [0.05, 0.1) is 18.4 Å². The van der Waals surface area contributed by atoms with Crippen molar-refractivity contribution in [2.45, 2.75) is 32.0 Å². The molecule has 2 aliphatic heterocycles. The first-order chi connectivity index (χ1) is 9.83. The Hall–Kier alpha value is -1.82. The van der Waals surface area contributed by atoms with Gasteiger partial charge in [-0.05, 0) is 19.8 Å². The van der Waals surface area contributed by atoms with Crippen LogP contribution in [-0.4, -0.2) is 46.2 Å². The summed E-state index contributed by atoms with van der Waals surface area (Å²) in [5.74, 6) is 1.86. The van der Waals surface area contributed by atoms with Crippen LogP contribution in [0.4, 0.5) is 11.6 Å². The van der Waals surface area contributed by atoms with Crippen LogP contribution in [0.3, 0.4) is 0 Å². The maximum atomic E-state index is 5.91. The minimum Gasteiger partial charge on any atom is -0.371 e. The smallest absolute Gasteiger partial charge is 0.180 e. The zero-order valence-electron chi connectivity index (χ0n) is 11.6. The first-order valence-corrected chi connectivity index (χ1v) is 7.31. The van der Waals surface area contributed by atoms with Crippen molar-refractivity contribution in [3.63, 3.8) is 0 Å². The predicted octanol–water partition coefficient (Wildman–Crippen LogP) is 1.53. The highest BCUT2D eigenvalue weighted by Gasteiger charge is 2.35. The second-order valence-corrected chi connectivity index (χ2v) is 5.50. The fraction of sp³-hybridized carbons (Fsp3) is 0.571. The van der Waals surface area contributed by atoms with Crippen molar-refractivity contribution >= 4 is 17.3 Å². The quantitative estimate of drug-likeness (QED) is 0.919. The van der Waals surface area contributed by atoms with Gasteiger partial charge in [0, 0.05) is 32.0 Å². The van der Waals surface area contributed by atoms with E-state index in [9.17, 15) is 0 Å². The Labute approximate surface area is 117 Å². The first kappa shape index (κ1) is 12.0. The molecule has 0 radical (unpaired) electrons. The lowest BCUT2D eigenvalue weighted by molar-refractivity contribution is 0.0303. The van der Waals surface area contributed by atoms with Crippen molar-refractivity contribution < 1.29 is 4.74 Å². The SMILES string of the molecule is CCNc1cn2ccnc2c(N2CC3CCC(C2)O3)n1. The lowest BCUT2D eigenvalue weighted by Crippen LogP contribution is -2.43. The summed E-state index contributed by atoms with van der Waals surface area (Å²) in [5.41, 5.74) is 0.924. The lowest BCUT2D eigenvalue weighted by atomic mass is 10.2. The number of nitrogens with one attached hydrogen (secondary N) is 1. The molecule has 2 bridgehead atoms. The molecule has 2 atom stereocenters. The van der Waals surface area contributed by atoms with Crippen molar-refractivity contribution in [3.05, 3.63) is 18.6 Å². The molecule has 6 heteroatoms. The molecule has 2 unspecified atom stereocenters. The Kier molecular flexibility index (Phi) is 2.77. The van der Waals surface area contributed by atoms with Crippen LogP contribution in [0.2, 0.25) is 0 Å². The van der Waals surface area contributed by atoms with E-state index in [-0.39, 0.29) is 0 Å². The van der Waals surface area contributed by atoms with Gasteiger partial charge in [-0.2, -0.15) is 0 Å². The van der Waals surface area contributed by atoms with Crippen molar-refractivity contribution in [1.82, 2.24) is 14.4 Å². The molecule has 0 saturated carbocycles. The van der Waals surface area contributed by atoms with E-state index in [0.29, 0.717) is 12.2 Å². The van der Waals surface area contributed by atoms with E-state index in [4.69, 9.17) is 9.72 Å². The molecular weight excluding hydrogens is 254 g/mol. The molecule has 0 amide bonds. The molecule has 4 rings (SSSR count). The molecule has 2 aromatic heterocycles. The summed E-state index contributed by atoms with van der Waals surface area (Å²) >= 11 is 0. The summed E-state index contributed by atoms with van der Waals surface area (Å²) in [7, 11) is 0. The molecule has 2 saturated heterocycles. The lowest BCUT2D eigenvalue weighted by Gasteiger charge is -2.33. The fourth-order valence-electron chi connectivity index (χ4n) is 3.18. The Morgan fingerprint density at radius 3 is 2.90 bits per heavy atom. The second-order valence-electron chi connectivity index (χ2n) is 5.50. The number of anilines is 2. The monoisotopic (exact) mass is 273 g/mol. The topological polar surface area (TPSA) is 54.7 Å². The maximum absolute atomic E-state index is 5.91. The Morgan fingerprint density at radius 2 is 2.15 bits per heavy atom. The summed E-state index contributed by atoms with van der Waals surface area (Å²) < 4.78 is 7.95. The highest BCUT2D eigenvalue weighted by atomic mass is 16.5. The standard InChI is InChI=1S/C14H19N5O/c1-2-15-12-9-18-6-5-16-13(18)14(17-12)19-7-10-3-4-11(8-19)20-10/h5-6,9-11,15H,2-4,7-8H2,1H3. The summed E-state index contributed by atoms with van der Waals surface area (Å²) in [6.45, 7) is 4.78. The number of aromatic nitrogens is 3. The van der Waals surface area contributed by atoms with Crippen LogP contribution in [0.15, 0.2) is 18.6 Å². The van der Waals surface area contributed by atoms with Crippen LogP contribution >= 0.6 is 0 Å². The van der Waals surface area contributed by atoms with Crippen LogP contribution in [0.1, 0.15) is 19.8 Å². The largest absolute Gasteiger partial charge is 0.371 e. The van der Waals surface area contributed by atoms with Gasteiger partial charge >= 0.3 is 0 Å². The van der Waals surface area contributed by atoms with Gasteiger partial charge in [0.1, 0.15) is 5.82 Å². The molecule has 106 valence electrons. The maximum Gasteiger partial charge on any atom is 0.180 e. The Balaban J connectivity index is 1.75. The molecule has 2 aromatic rings. The summed E-state index contributed by atoms with van der Waals surface area (Å²) in [5, 5.41) is 3.29. The first-order valence-electron chi connectivity index (χ1n) is 7.31. The minimum atomic E-state index is 0.355. The van der Waals surface area contributed by atoms with Crippen LogP contribution in [0, 0.1) is 0 Å². The number of morpholine rings is 1. The van der Waals surface area contributed by atoms with E-state index >= 15 is 0 Å². The van der Waals surface area contributed by atoms with E-state index in [1.807, 2.05) is 23.0 Å². The summed E-state index contributed by atoms with van der Waals surface area (Å²) in [6, 6.07) is 0. The minimum absolute atomic E-state index is 0.355. The predicted molar refractivity (Wildman–Crippen MR) is 77.3 cm³/mol. The molecule has 2 fully saturated rings. The number of rotatable bonds is 3. The summed E-state index contributed by atoms with van der Waals surface area (Å²) in [4.78, 5) is 11.5. The van der Waals surface area contributed by atoms with Crippen LogP contribution in [0.25, 0.3) is 5.65 Å². The summed E-state index contributed by atoms with van der Waals surface area (Å²) in [6.07, 6.45) is 8.82. The molecule has 2 aliphatic rings. The average molecular weight is 273 g/mol. The van der Waals surface area contributed by atoms with E-state index < -0.39 is 0 Å². The molecule has 0 aromatic carbocycles. The van der Waals surface area contributed by atoms with Gasteiger partial charge in [0.2, 0.25) is 0 Å². The third-order valence-electron chi connectivity index (χ3n) is 4.06. The molecule has 0 aliphatic carbocycles. The number of hydrogen-bond donors (Lipinski definition) is 1. The van der Waals surface area contributed by atoms with Crippen molar-refractivity contribution in [2.24, 2.45) is 0 Å². The Morgan fingerprint density at radius 1 is 1.35 bits per heavy atom. The van der Waals surface area contributed by atoms with Crippen LogP contribution in [0.5, 0.6) is 0 Å². The van der Waals surface area contributed by atoms with Gasteiger partial charge in [-0.25, -0.2) is 9.97 Å². The molecule has 1 N–H and O–H groups in total. The highest BCUT2D eigenvalue weighted by Crippen LogP contribution is 2.30. The fourth-order valence-corrected chi connectivity index (χ4v) is 3.18. The van der Waals surface area contributed by atoms with Crippen LogP contribution < -0.4 is 10.2 Å².